The van der Waals surface area contributed by atoms with Crippen molar-refractivity contribution in [2.45, 2.75) is 33.6 Å². The molecule has 0 heterocycles. The highest BCUT2D eigenvalue weighted by atomic mass is 35.5. The van der Waals surface area contributed by atoms with Crippen molar-refractivity contribution in [3.8, 4) is 0 Å². The first-order chi connectivity index (χ1) is 8.19. The average molecular weight is 257 g/mol. The van der Waals surface area contributed by atoms with Gasteiger partial charge in [0.05, 0.1) is 0 Å². The second kappa shape index (κ2) is 10.3. The van der Waals surface area contributed by atoms with Gasteiger partial charge in [0.1, 0.15) is 0 Å². The van der Waals surface area contributed by atoms with Gasteiger partial charge in [0.2, 0.25) is 0 Å². The highest BCUT2D eigenvalue weighted by molar-refractivity contribution is 6.18. The summed E-state index contributed by atoms with van der Waals surface area (Å²) >= 11 is 5.57. The maximum atomic E-state index is 5.57. The molecule has 0 spiro atoms. The zero-order valence-corrected chi connectivity index (χ0v) is 12.2. The van der Waals surface area contributed by atoms with E-state index in [2.05, 4.69) is 43.5 Å². The number of unbranched alkanes of at least 4 members (excludes halogenated alkanes) is 1. The highest BCUT2D eigenvalue weighted by Gasteiger charge is 1.96. The Balaban J connectivity index is 0.000000557. The van der Waals surface area contributed by atoms with E-state index in [9.17, 15) is 0 Å². The van der Waals surface area contributed by atoms with Crippen molar-refractivity contribution >= 4 is 23.0 Å². The highest BCUT2D eigenvalue weighted by Crippen LogP contribution is 2.18. The number of rotatable bonds is 5. The fraction of sp³-hybridized carbons (Fsp3) is 0.571. The molecule has 0 radical (unpaired) electrons. The smallest absolute Gasteiger partial charge is 0.0396 e. The number of benzene rings is 1. The van der Waals surface area contributed by atoms with Crippen molar-refractivity contribution in [1.82, 2.24) is 0 Å². The fourth-order valence-corrected chi connectivity index (χ4v) is 1.34. The van der Waals surface area contributed by atoms with Gasteiger partial charge in [-0.25, -0.2) is 0 Å². The van der Waals surface area contributed by atoms with Crippen LogP contribution >= 0.6 is 11.6 Å². The van der Waals surface area contributed by atoms with E-state index in [0.29, 0.717) is 5.88 Å². The molecule has 0 aliphatic heterocycles. The predicted octanol–water partition coefficient (Wildman–Crippen LogP) is 4.49. The van der Waals surface area contributed by atoms with Crippen LogP contribution in [0.4, 0.5) is 11.4 Å². The fourth-order valence-electron chi connectivity index (χ4n) is 1.25. The number of nitrogens with one attached hydrogen (secondary N) is 2. The minimum Gasteiger partial charge on any atom is -0.388 e. The molecular formula is C14H25ClN2. The molecule has 0 aromatic heterocycles. The summed E-state index contributed by atoms with van der Waals surface area (Å²) in [5.74, 6) is 0.632. The largest absolute Gasteiger partial charge is 0.388 e. The van der Waals surface area contributed by atoms with Gasteiger partial charge >= 0.3 is 0 Å². The molecule has 98 valence electrons. The van der Waals surface area contributed by atoms with Crippen LogP contribution in [0.5, 0.6) is 0 Å². The summed E-state index contributed by atoms with van der Waals surface area (Å²) in [5.41, 5.74) is 3.52. The van der Waals surface area contributed by atoms with Crippen LogP contribution in [0, 0.1) is 6.92 Å². The molecule has 3 heteroatoms. The molecule has 2 N–H and O–H groups in total. The Labute approximate surface area is 111 Å². The first kappa shape index (κ1) is 16.1. The van der Waals surface area contributed by atoms with Gasteiger partial charge in [-0.3, -0.25) is 0 Å². The van der Waals surface area contributed by atoms with Crippen LogP contribution in [0.1, 0.15) is 32.3 Å². The van der Waals surface area contributed by atoms with Gasteiger partial charge in [-0.05, 0) is 30.7 Å². The zero-order chi connectivity index (χ0) is 13.1. The molecule has 0 bridgehead atoms. The monoisotopic (exact) mass is 256 g/mol. The SMILES string of the molecule is CCCC.CNc1ccc(NCCCl)cc1C. The molecule has 2 nitrogen and oxygen atoms in total. The predicted molar refractivity (Wildman–Crippen MR) is 80.5 cm³/mol. The van der Waals surface area contributed by atoms with E-state index in [0.717, 1.165) is 17.9 Å². The van der Waals surface area contributed by atoms with Crippen LogP contribution in [0.3, 0.4) is 0 Å². The Morgan fingerprint density at radius 2 is 1.82 bits per heavy atom. The lowest BCUT2D eigenvalue weighted by Crippen LogP contribution is -2.02. The minimum absolute atomic E-state index is 0.632. The van der Waals surface area contributed by atoms with Crippen molar-refractivity contribution < 1.29 is 0 Å². The Kier molecular flexibility index (Phi) is 9.74. The van der Waals surface area contributed by atoms with E-state index in [1.807, 2.05) is 13.1 Å². The van der Waals surface area contributed by atoms with Gasteiger partial charge in [-0.2, -0.15) is 0 Å². The van der Waals surface area contributed by atoms with Crippen molar-refractivity contribution in [1.29, 1.82) is 0 Å². The Morgan fingerprint density at radius 3 is 2.24 bits per heavy atom. The molecule has 1 aromatic carbocycles. The van der Waals surface area contributed by atoms with Crippen molar-refractivity contribution in [3.05, 3.63) is 23.8 Å². The third-order valence-corrected chi connectivity index (χ3v) is 2.61. The van der Waals surface area contributed by atoms with Crippen LogP contribution in [0.15, 0.2) is 18.2 Å². The van der Waals surface area contributed by atoms with Gasteiger partial charge in [0.25, 0.3) is 0 Å². The number of anilines is 2. The Hall–Kier alpha value is -0.890. The van der Waals surface area contributed by atoms with Gasteiger partial charge < -0.3 is 10.6 Å². The summed E-state index contributed by atoms with van der Waals surface area (Å²) < 4.78 is 0. The number of hydrogen-bond donors (Lipinski definition) is 2. The number of hydrogen-bond acceptors (Lipinski definition) is 2. The zero-order valence-electron chi connectivity index (χ0n) is 11.4. The summed E-state index contributed by atoms with van der Waals surface area (Å²) in [5, 5.41) is 6.35. The molecular weight excluding hydrogens is 232 g/mol. The topological polar surface area (TPSA) is 24.1 Å². The lowest BCUT2D eigenvalue weighted by molar-refractivity contribution is 0.886. The third kappa shape index (κ3) is 7.11. The second-order valence-corrected chi connectivity index (χ2v) is 4.27. The standard InChI is InChI=1S/C10H15ClN2.C4H10/c1-8-7-9(13-6-5-11)3-4-10(8)12-2;1-3-4-2/h3-4,7,12-13H,5-6H2,1-2H3;3-4H2,1-2H3. The number of aryl methyl sites for hydroxylation is 1. The summed E-state index contributed by atoms with van der Waals surface area (Å²) in [4.78, 5) is 0. The van der Waals surface area contributed by atoms with Crippen LogP contribution in [0.2, 0.25) is 0 Å². The lowest BCUT2D eigenvalue weighted by atomic mass is 10.2. The van der Waals surface area contributed by atoms with Crippen LogP contribution in [-0.4, -0.2) is 19.5 Å². The summed E-state index contributed by atoms with van der Waals surface area (Å²) in [6.07, 6.45) is 2.64. The number of alkyl halides is 1. The molecule has 0 amide bonds. The number of halogens is 1. The van der Waals surface area contributed by atoms with Gasteiger partial charge in [0, 0.05) is 30.8 Å². The van der Waals surface area contributed by atoms with Gasteiger partial charge in [0.15, 0.2) is 0 Å². The van der Waals surface area contributed by atoms with Crippen molar-refractivity contribution in [2.75, 3.05) is 30.1 Å². The minimum atomic E-state index is 0.632. The normalized spacial score (nSPS) is 9.24. The van der Waals surface area contributed by atoms with E-state index >= 15 is 0 Å². The average Bonchev–Trinajstić information content (AvgIpc) is 2.37. The van der Waals surface area contributed by atoms with Gasteiger partial charge in [-0.15, -0.1) is 11.6 Å². The molecule has 0 saturated carbocycles. The van der Waals surface area contributed by atoms with E-state index in [4.69, 9.17) is 11.6 Å². The first-order valence-electron chi connectivity index (χ1n) is 6.27. The molecule has 0 aliphatic carbocycles. The van der Waals surface area contributed by atoms with Crippen LogP contribution in [-0.2, 0) is 0 Å². The van der Waals surface area contributed by atoms with E-state index in [-0.39, 0.29) is 0 Å². The third-order valence-electron chi connectivity index (χ3n) is 2.42. The molecule has 1 rings (SSSR count). The van der Waals surface area contributed by atoms with E-state index < -0.39 is 0 Å². The second-order valence-electron chi connectivity index (χ2n) is 3.90. The molecule has 17 heavy (non-hydrogen) atoms. The molecule has 0 unspecified atom stereocenters. The van der Waals surface area contributed by atoms with E-state index in [1.165, 1.54) is 18.4 Å². The molecule has 0 aliphatic rings. The maximum Gasteiger partial charge on any atom is 0.0396 e. The Bertz CT molecular complexity index is 298. The Morgan fingerprint density at radius 1 is 1.18 bits per heavy atom. The van der Waals surface area contributed by atoms with Crippen molar-refractivity contribution in [2.24, 2.45) is 0 Å². The van der Waals surface area contributed by atoms with Crippen LogP contribution < -0.4 is 10.6 Å². The molecule has 0 saturated heterocycles. The first-order valence-corrected chi connectivity index (χ1v) is 6.81. The summed E-state index contributed by atoms with van der Waals surface area (Å²) in [7, 11) is 1.92. The van der Waals surface area contributed by atoms with Crippen molar-refractivity contribution in [3.63, 3.8) is 0 Å². The maximum absolute atomic E-state index is 5.57. The van der Waals surface area contributed by atoms with E-state index in [1.54, 1.807) is 0 Å². The summed E-state index contributed by atoms with van der Waals surface area (Å²) in [6.45, 7) is 7.25. The molecule has 1 aromatic rings. The molecule has 0 fully saturated rings. The quantitative estimate of drug-likeness (QED) is 0.759. The molecule has 0 atom stereocenters. The summed E-state index contributed by atoms with van der Waals surface area (Å²) in [6, 6.07) is 6.22. The van der Waals surface area contributed by atoms with Crippen LogP contribution in [0.25, 0.3) is 0 Å². The lowest BCUT2D eigenvalue weighted by Gasteiger charge is -2.08. The van der Waals surface area contributed by atoms with Gasteiger partial charge in [-0.1, -0.05) is 26.7 Å².